The van der Waals surface area contributed by atoms with Crippen LogP contribution >= 0.6 is 27.5 Å². The van der Waals surface area contributed by atoms with E-state index in [1.807, 2.05) is 0 Å². The molecule has 1 nitrogen and oxygen atoms in total. The first-order chi connectivity index (χ1) is 8.91. The molecule has 100 valence electrons. The SMILES string of the molecule is OC(c1cc(Cl)ccc1Br)c1ccc(F)c(F)c1F. The van der Waals surface area contributed by atoms with Crippen molar-refractivity contribution in [2.24, 2.45) is 0 Å². The minimum absolute atomic E-state index is 0.261. The first-order valence-corrected chi connectivity index (χ1v) is 6.35. The van der Waals surface area contributed by atoms with Crippen LogP contribution in [0.4, 0.5) is 13.2 Å². The van der Waals surface area contributed by atoms with E-state index in [0.717, 1.165) is 12.1 Å². The summed E-state index contributed by atoms with van der Waals surface area (Å²) < 4.78 is 40.1. The van der Waals surface area contributed by atoms with Gasteiger partial charge in [-0.15, -0.1) is 0 Å². The predicted octanol–water partition coefficient (Wildman–Crippen LogP) is 4.60. The molecular formula is C13H7BrClF3O. The van der Waals surface area contributed by atoms with Crippen LogP contribution in [-0.4, -0.2) is 5.11 Å². The smallest absolute Gasteiger partial charge is 0.194 e. The van der Waals surface area contributed by atoms with Gasteiger partial charge in [0.25, 0.3) is 0 Å². The molecule has 0 aliphatic carbocycles. The summed E-state index contributed by atoms with van der Waals surface area (Å²) in [6.07, 6.45) is -1.46. The zero-order valence-electron chi connectivity index (χ0n) is 9.30. The molecule has 1 atom stereocenters. The van der Waals surface area contributed by atoms with Crippen LogP contribution in [0.1, 0.15) is 17.2 Å². The molecule has 2 aromatic carbocycles. The summed E-state index contributed by atoms with van der Waals surface area (Å²) in [6, 6.07) is 6.31. The van der Waals surface area contributed by atoms with E-state index in [2.05, 4.69) is 15.9 Å². The first kappa shape index (κ1) is 14.4. The molecule has 0 amide bonds. The molecule has 0 radical (unpaired) electrons. The van der Waals surface area contributed by atoms with Gasteiger partial charge in [-0.25, -0.2) is 13.2 Å². The Balaban J connectivity index is 2.53. The number of hydrogen-bond acceptors (Lipinski definition) is 1. The molecule has 19 heavy (non-hydrogen) atoms. The number of aliphatic hydroxyl groups is 1. The average molecular weight is 352 g/mol. The largest absolute Gasteiger partial charge is 0.384 e. The molecule has 2 aromatic rings. The molecule has 0 saturated heterocycles. The number of hydrogen-bond donors (Lipinski definition) is 1. The highest BCUT2D eigenvalue weighted by Crippen LogP contribution is 2.32. The van der Waals surface area contributed by atoms with Crippen LogP contribution in [0, 0.1) is 17.5 Å². The molecule has 0 aliphatic heterocycles. The van der Waals surface area contributed by atoms with E-state index in [1.165, 1.54) is 6.07 Å². The van der Waals surface area contributed by atoms with Gasteiger partial charge in [-0.3, -0.25) is 0 Å². The monoisotopic (exact) mass is 350 g/mol. The molecule has 0 spiro atoms. The van der Waals surface area contributed by atoms with E-state index >= 15 is 0 Å². The van der Waals surface area contributed by atoms with Gasteiger partial charge in [0.15, 0.2) is 17.5 Å². The molecule has 1 N–H and O–H groups in total. The summed E-state index contributed by atoms with van der Waals surface area (Å²) in [4.78, 5) is 0. The lowest BCUT2D eigenvalue weighted by Crippen LogP contribution is -2.06. The topological polar surface area (TPSA) is 20.2 Å². The van der Waals surface area contributed by atoms with Gasteiger partial charge in [-0.1, -0.05) is 33.6 Å². The van der Waals surface area contributed by atoms with Gasteiger partial charge < -0.3 is 5.11 Å². The molecule has 0 heterocycles. The van der Waals surface area contributed by atoms with E-state index in [4.69, 9.17) is 11.6 Å². The molecule has 0 fully saturated rings. The molecule has 6 heteroatoms. The normalized spacial score (nSPS) is 12.5. The average Bonchev–Trinajstić information content (AvgIpc) is 2.38. The Labute approximate surface area is 120 Å². The van der Waals surface area contributed by atoms with Crippen LogP contribution in [0.2, 0.25) is 5.02 Å². The van der Waals surface area contributed by atoms with Crippen LogP contribution < -0.4 is 0 Å². The van der Waals surface area contributed by atoms with Gasteiger partial charge >= 0.3 is 0 Å². The van der Waals surface area contributed by atoms with Gasteiger partial charge in [-0.2, -0.15) is 0 Å². The van der Waals surface area contributed by atoms with Crippen molar-refractivity contribution in [3.8, 4) is 0 Å². The van der Waals surface area contributed by atoms with Crippen LogP contribution in [0.3, 0.4) is 0 Å². The second-order valence-electron chi connectivity index (χ2n) is 3.83. The van der Waals surface area contributed by atoms with Crippen molar-refractivity contribution in [1.82, 2.24) is 0 Å². The van der Waals surface area contributed by atoms with Crippen LogP contribution in [0.25, 0.3) is 0 Å². The Bertz CT molecular complexity index is 634. The van der Waals surface area contributed by atoms with Crippen LogP contribution in [-0.2, 0) is 0 Å². The summed E-state index contributed by atoms with van der Waals surface area (Å²) in [5, 5.41) is 10.4. The van der Waals surface area contributed by atoms with E-state index in [1.54, 1.807) is 12.1 Å². The Morgan fingerprint density at radius 1 is 1.00 bits per heavy atom. The third-order valence-corrected chi connectivity index (χ3v) is 3.57. The van der Waals surface area contributed by atoms with Crippen molar-refractivity contribution in [2.45, 2.75) is 6.10 Å². The van der Waals surface area contributed by atoms with E-state index in [9.17, 15) is 18.3 Å². The predicted molar refractivity (Wildman–Crippen MR) is 69.5 cm³/mol. The van der Waals surface area contributed by atoms with Crippen molar-refractivity contribution in [2.75, 3.05) is 0 Å². The number of halogens is 5. The van der Waals surface area contributed by atoms with Crippen molar-refractivity contribution < 1.29 is 18.3 Å². The lowest BCUT2D eigenvalue weighted by Gasteiger charge is -2.15. The Morgan fingerprint density at radius 3 is 2.37 bits per heavy atom. The molecule has 2 rings (SSSR count). The fourth-order valence-corrected chi connectivity index (χ4v) is 2.29. The van der Waals surface area contributed by atoms with Gasteiger partial charge in [0.2, 0.25) is 0 Å². The zero-order valence-corrected chi connectivity index (χ0v) is 11.6. The number of rotatable bonds is 2. The minimum Gasteiger partial charge on any atom is -0.384 e. The summed E-state index contributed by atoms with van der Waals surface area (Å²) >= 11 is 8.96. The summed E-state index contributed by atoms with van der Waals surface area (Å²) in [5.41, 5.74) is -0.0979. The van der Waals surface area contributed by atoms with E-state index < -0.39 is 23.6 Å². The Hall–Kier alpha value is -1.04. The molecular weight excluding hydrogens is 344 g/mol. The second kappa shape index (κ2) is 5.53. The highest BCUT2D eigenvalue weighted by Gasteiger charge is 2.22. The summed E-state index contributed by atoms with van der Waals surface area (Å²) in [6.45, 7) is 0. The lowest BCUT2D eigenvalue weighted by molar-refractivity contribution is 0.212. The molecule has 0 saturated carbocycles. The van der Waals surface area contributed by atoms with Crippen molar-refractivity contribution in [3.05, 3.63) is 68.4 Å². The summed E-state index contributed by atoms with van der Waals surface area (Å²) in [5.74, 6) is -4.34. The highest BCUT2D eigenvalue weighted by molar-refractivity contribution is 9.10. The van der Waals surface area contributed by atoms with E-state index in [-0.39, 0.29) is 11.1 Å². The van der Waals surface area contributed by atoms with Crippen molar-refractivity contribution >= 4 is 27.5 Å². The highest BCUT2D eigenvalue weighted by atomic mass is 79.9. The fraction of sp³-hybridized carbons (Fsp3) is 0.0769. The molecule has 1 unspecified atom stereocenters. The fourth-order valence-electron chi connectivity index (χ4n) is 1.64. The van der Waals surface area contributed by atoms with Crippen LogP contribution in [0.15, 0.2) is 34.8 Å². The maximum Gasteiger partial charge on any atom is 0.194 e. The number of benzene rings is 2. The summed E-state index contributed by atoms with van der Waals surface area (Å²) in [7, 11) is 0. The van der Waals surface area contributed by atoms with Crippen molar-refractivity contribution in [1.29, 1.82) is 0 Å². The standard InChI is InChI=1S/C13H7BrClF3O/c14-9-3-1-6(15)5-8(9)13(19)7-2-4-10(16)12(18)11(7)17/h1-5,13,19H. The van der Waals surface area contributed by atoms with Gasteiger partial charge in [0.1, 0.15) is 6.10 Å². The quantitative estimate of drug-likeness (QED) is 0.784. The zero-order chi connectivity index (χ0) is 14.2. The molecule has 0 bridgehead atoms. The van der Waals surface area contributed by atoms with E-state index in [0.29, 0.717) is 9.50 Å². The minimum atomic E-state index is -1.62. The number of aliphatic hydroxyl groups excluding tert-OH is 1. The third-order valence-electron chi connectivity index (χ3n) is 2.61. The maximum absolute atomic E-state index is 13.6. The van der Waals surface area contributed by atoms with Gasteiger partial charge in [-0.05, 0) is 24.3 Å². The third kappa shape index (κ3) is 2.78. The maximum atomic E-state index is 13.6. The first-order valence-electron chi connectivity index (χ1n) is 5.18. The molecule has 0 aliphatic rings. The lowest BCUT2D eigenvalue weighted by atomic mass is 10.0. The Kier molecular flexibility index (Phi) is 4.18. The van der Waals surface area contributed by atoms with Crippen LogP contribution in [0.5, 0.6) is 0 Å². The Morgan fingerprint density at radius 2 is 1.68 bits per heavy atom. The van der Waals surface area contributed by atoms with Gasteiger partial charge in [0.05, 0.1) is 0 Å². The van der Waals surface area contributed by atoms with Crippen molar-refractivity contribution in [3.63, 3.8) is 0 Å². The van der Waals surface area contributed by atoms with Gasteiger partial charge in [0, 0.05) is 20.6 Å². The second-order valence-corrected chi connectivity index (χ2v) is 5.12. The molecule has 0 aromatic heterocycles.